The maximum Gasteiger partial charge on any atom is 0.255 e. The highest BCUT2D eigenvalue weighted by atomic mass is 16.5. The van der Waals surface area contributed by atoms with E-state index < -0.39 is 0 Å². The fourth-order valence-corrected chi connectivity index (χ4v) is 4.55. The zero-order valence-electron chi connectivity index (χ0n) is 18.4. The van der Waals surface area contributed by atoms with E-state index in [1.54, 1.807) is 12.4 Å². The van der Waals surface area contributed by atoms with E-state index in [0.29, 0.717) is 19.5 Å². The lowest BCUT2D eigenvalue weighted by atomic mass is 9.76. The van der Waals surface area contributed by atoms with Crippen LogP contribution in [-0.2, 0) is 24.1 Å². The van der Waals surface area contributed by atoms with Crippen molar-refractivity contribution in [2.45, 2.75) is 65.3 Å². The number of hydrogen-bond acceptors (Lipinski definition) is 6. The summed E-state index contributed by atoms with van der Waals surface area (Å²) in [5.74, 6) is 0.243. The number of amides is 1. The van der Waals surface area contributed by atoms with Crippen LogP contribution in [0.15, 0.2) is 12.4 Å². The Kier molecular flexibility index (Phi) is 6.46. The Morgan fingerprint density at radius 2 is 1.97 bits per heavy atom. The van der Waals surface area contributed by atoms with Crippen molar-refractivity contribution in [1.29, 1.82) is 0 Å². The van der Waals surface area contributed by atoms with Crippen molar-refractivity contribution in [3.8, 4) is 0 Å². The molecule has 0 aliphatic carbocycles. The fourth-order valence-electron chi connectivity index (χ4n) is 4.55. The Labute approximate surface area is 182 Å². The van der Waals surface area contributed by atoms with Crippen LogP contribution in [0, 0.1) is 12.3 Å². The maximum absolute atomic E-state index is 12.9. The van der Waals surface area contributed by atoms with Crippen LogP contribution in [0.5, 0.6) is 0 Å². The second-order valence-corrected chi connectivity index (χ2v) is 8.78. The molecule has 0 aromatic carbocycles. The lowest BCUT2D eigenvalue weighted by molar-refractivity contribution is 0.0152. The summed E-state index contributed by atoms with van der Waals surface area (Å²) in [7, 11) is 0. The molecular formula is C23H31N5O3. The number of ketones is 1. The summed E-state index contributed by atoms with van der Waals surface area (Å²) in [6.45, 7) is 6.81. The van der Waals surface area contributed by atoms with Crippen LogP contribution in [0.4, 0.5) is 0 Å². The highest BCUT2D eigenvalue weighted by Gasteiger charge is 2.39. The number of Topliss-reactive ketones (excluding diaryl/α,β-unsaturated/α-hetero) is 1. The Balaban J connectivity index is 1.44. The molecule has 2 aliphatic rings. The average molecular weight is 426 g/mol. The molecule has 0 unspecified atom stereocenters. The van der Waals surface area contributed by atoms with Gasteiger partial charge in [-0.05, 0) is 56.4 Å². The summed E-state index contributed by atoms with van der Waals surface area (Å²) in [6, 6.07) is 0. The van der Waals surface area contributed by atoms with Gasteiger partial charge in [-0.3, -0.25) is 14.3 Å². The van der Waals surface area contributed by atoms with Crippen molar-refractivity contribution in [3.63, 3.8) is 0 Å². The quantitative estimate of drug-likeness (QED) is 0.541. The summed E-state index contributed by atoms with van der Waals surface area (Å²) >= 11 is 0. The highest BCUT2D eigenvalue weighted by molar-refractivity contribution is 5.97. The van der Waals surface area contributed by atoms with Crippen LogP contribution in [0.25, 0.3) is 0 Å². The predicted molar refractivity (Wildman–Crippen MR) is 115 cm³/mol. The van der Waals surface area contributed by atoms with Crippen LogP contribution >= 0.6 is 0 Å². The second kappa shape index (κ2) is 9.26. The zero-order valence-corrected chi connectivity index (χ0v) is 18.4. The summed E-state index contributed by atoms with van der Waals surface area (Å²) in [6.07, 6.45) is 8.76. The molecule has 1 fully saturated rings. The summed E-state index contributed by atoms with van der Waals surface area (Å²) < 4.78 is 7.59. The van der Waals surface area contributed by atoms with Crippen LogP contribution in [0.2, 0.25) is 0 Å². The molecule has 8 heteroatoms. The Bertz CT molecular complexity index is 945. The molecule has 1 saturated heterocycles. The second-order valence-electron chi connectivity index (χ2n) is 8.78. The average Bonchev–Trinajstić information content (AvgIpc) is 3.06. The van der Waals surface area contributed by atoms with E-state index >= 15 is 0 Å². The Morgan fingerprint density at radius 1 is 1.23 bits per heavy atom. The van der Waals surface area contributed by atoms with Gasteiger partial charge in [0.2, 0.25) is 0 Å². The number of carbonyl (C=O) groups is 2. The van der Waals surface area contributed by atoms with Crippen molar-refractivity contribution in [3.05, 3.63) is 40.7 Å². The van der Waals surface area contributed by atoms with Gasteiger partial charge in [-0.25, -0.2) is 9.97 Å². The van der Waals surface area contributed by atoms with Gasteiger partial charge in [-0.1, -0.05) is 6.92 Å². The molecule has 4 rings (SSSR count). The number of aromatic nitrogens is 4. The summed E-state index contributed by atoms with van der Waals surface area (Å²) in [5, 5.41) is 7.93. The Hall–Kier alpha value is -2.61. The minimum atomic E-state index is -0.0333. The number of ether oxygens (including phenoxy) is 1. The van der Waals surface area contributed by atoms with Gasteiger partial charge in [-0.15, -0.1) is 0 Å². The van der Waals surface area contributed by atoms with Gasteiger partial charge in [-0.2, -0.15) is 5.10 Å². The van der Waals surface area contributed by atoms with E-state index in [0.717, 1.165) is 74.3 Å². The molecule has 8 nitrogen and oxygen atoms in total. The van der Waals surface area contributed by atoms with E-state index in [-0.39, 0.29) is 22.9 Å². The molecule has 2 aliphatic heterocycles. The minimum Gasteiger partial charge on any atom is -0.381 e. The van der Waals surface area contributed by atoms with Crippen molar-refractivity contribution < 1.29 is 14.3 Å². The van der Waals surface area contributed by atoms with Gasteiger partial charge < -0.3 is 10.1 Å². The van der Waals surface area contributed by atoms with Crippen LogP contribution in [-0.4, -0.2) is 51.2 Å². The van der Waals surface area contributed by atoms with Gasteiger partial charge in [0.15, 0.2) is 11.6 Å². The molecule has 2 aromatic heterocycles. The topological polar surface area (TPSA) is 99.0 Å². The molecule has 166 valence electrons. The first-order chi connectivity index (χ1) is 15.0. The van der Waals surface area contributed by atoms with E-state index in [1.807, 2.05) is 18.5 Å². The standard InChI is InChI=1S/C23H31N5O3/c1-3-17-20-18(12-23(15-26-22(20)30)7-10-31-11-8-23)28(27-17)9-5-4-6-19(29)21-24-13-16(2)14-25-21/h13-14H,3-12,15H2,1-2H3,(H,26,30). The number of aryl methyl sites for hydroxylation is 3. The monoisotopic (exact) mass is 425 g/mol. The van der Waals surface area contributed by atoms with Gasteiger partial charge in [0.05, 0.1) is 17.0 Å². The molecule has 0 saturated carbocycles. The van der Waals surface area contributed by atoms with Crippen molar-refractivity contribution in [2.24, 2.45) is 5.41 Å². The molecule has 1 amide bonds. The van der Waals surface area contributed by atoms with Gasteiger partial charge >= 0.3 is 0 Å². The molecule has 1 N–H and O–H groups in total. The van der Waals surface area contributed by atoms with Crippen LogP contribution in [0.1, 0.15) is 77.0 Å². The van der Waals surface area contributed by atoms with E-state index in [2.05, 4.69) is 15.3 Å². The number of carbonyl (C=O) groups excluding carboxylic acids is 2. The predicted octanol–water partition coefficient (Wildman–Crippen LogP) is 2.68. The highest BCUT2D eigenvalue weighted by Crippen LogP contribution is 2.37. The lowest BCUT2D eigenvalue weighted by Gasteiger charge is -2.36. The number of rotatable bonds is 7. The van der Waals surface area contributed by atoms with Crippen LogP contribution in [0.3, 0.4) is 0 Å². The summed E-state index contributed by atoms with van der Waals surface area (Å²) in [5.41, 5.74) is 3.65. The molecule has 0 radical (unpaired) electrons. The van der Waals surface area contributed by atoms with Crippen molar-refractivity contribution in [1.82, 2.24) is 25.1 Å². The largest absolute Gasteiger partial charge is 0.381 e. The fraction of sp³-hybridized carbons (Fsp3) is 0.609. The number of unbranched alkanes of at least 4 members (excludes halogenated alkanes) is 1. The molecule has 0 bridgehead atoms. The van der Waals surface area contributed by atoms with Gasteiger partial charge in [0, 0.05) is 45.1 Å². The first-order valence-electron chi connectivity index (χ1n) is 11.3. The third kappa shape index (κ3) is 4.69. The van der Waals surface area contributed by atoms with Gasteiger partial charge in [0.1, 0.15) is 0 Å². The number of nitrogens with one attached hydrogen (secondary N) is 1. The molecule has 4 heterocycles. The third-order valence-corrected chi connectivity index (χ3v) is 6.47. The first-order valence-corrected chi connectivity index (χ1v) is 11.3. The van der Waals surface area contributed by atoms with Gasteiger partial charge in [0.25, 0.3) is 5.91 Å². The maximum atomic E-state index is 12.9. The third-order valence-electron chi connectivity index (χ3n) is 6.47. The van der Waals surface area contributed by atoms with E-state index in [1.165, 1.54) is 0 Å². The van der Waals surface area contributed by atoms with E-state index in [4.69, 9.17) is 9.84 Å². The number of hydrogen-bond donors (Lipinski definition) is 1. The minimum absolute atomic E-state index is 0.00633. The molecule has 31 heavy (non-hydrogen) atoms. The van der Waals surface area contributed by atoms with Crippen molar-refractivity contribution in [2.75, 3.05) is 19.8 Å². The zero-order chi connectivity index (χ0) is 21.8. The molecule has 2 aromatic rings. The first kappa shape index (κ1) is 21.6. The number of nitrogens with zero attached hydrogens (tertiary/aromatic N) is 4. The number of fused-ring (bicyclic) bond motifs is 1. The smallest absolute Gasteiger partial charge is 0.255 e. The van der Waals surface area contributed by atoms with Crippen molar-refractivity contribution >= 4 is 11.7 Å². The lowest BCUT2D eigenvalue weighted by Crippen LogP contribution is -2.40. The van der Waals surface area contributed by atoms with E-state index in [9.17, 15) is 9.59 Å². The molecule has 1 spiro atoms. The molecule has 0 atom stereocenters. The SMILES string of the molecule is CCc1nn(CCCCC(=O)c2ncc(C)cn2)c2c1C(=O)NCC1(CCOCC1)C2. The van der Waals surface area contributed by atoms with Crippen LogP contribution < -0.4 is 5.32 Å². The summed E-state index contributed by atoms with van der Waals surface area (Å²) in [4.78, 5) is 33.4. The normalized spacial score (nSPS) is 17.8. The molecular weight excluding hydrogens is 394 g/mol. The Morgan fingerprint density at radius 3 is 2.68 bits per heavy atom.